The van der Waals surface area contributed by atoms with Crippen molar-refractivity contribution in [3.05, 3.63) is 33.9 Å². The van der Waals surface area contributed by atoms with Crippen molar-refractivity contribution in [1.82, 2.24) is 0 Å². The summed E-state index contributed by atoms with van der Waals surface area (Å²) in [6.45, 7) is 9.51. The van der Waals surface area contributed by atoms with Crippen molar-refractivity contribution in [2.24, 2.45) is 5.41 Å². The van der Waals surface area contributed by atoms with Gasteiger partial charge in [-0.05, 0) is 50.8 Å². The zero-order valence-electron chi connectivity index (χ0n) is 11.1. The summed E-state index contributed by atoms with van der Waals surface area (Å²) in [5.41, 5.74) is 3.45. The summed E-state index contributed by atoms with van der Waals surface area (Å²) < 4.78 is 0. The Morgan fingerprint density at radius 1 is 1.00 bits per heavy atom. The Morgan fingerprint density at radius 2 is 1.53 bits per heavy atom. The van der Waals surface area contributed by atoms with Crippen LogP contribution in [0.2, 0.25) is 0 Å². The highest BCUT2D eigenvalue weighted by atomic mass is 16.2. The van der Waals surface area contributed by atoms with E-state index >= 15 is 0 Å². The minimum absolute atomic E-state index is 0.000556. The number of ketones is 2. The highest BCUT2D eigenvalue weighted by molar-refractivity contribution is 6.30. The Bertz CT molecular complexity index is 540. The van der Waals surface area contributed by atoms with Crippen molar-refractivity contribution in [3.63, 3.8) is 0 Å². The molecule has 0 heterocycles. The van der Waals surface area contributed by atoms with Gasteiger partial charge in [0.05, 0.1) is 5.41 Å². The van der Waals surface area contributed by atoms with E-state index in [1.54, 1.807) is 6.92 Å². The van der Waals surface area contributed by atoms with E-state index in [9.17, 15) is 9.59 Å². The zero-order valence-corrected chi connectivity index (χ0v) is 11.1. The predicted octanol–water partition coefficient (Wildman–Crippen LogP) is 3.41. The van der Waals surface area contributed by atoms with Crippen LogP contribution in [-0.2, 0) is 0 Å². The molecule has 0 saturated heterocycles. The maximum Gasteiger partial charge on any atom is 0.177 e. The highest BCUT2D eigenvalue weighted by Gasteiger charge is 2.49. The first-order chi connectivity index (χ1) is 7.84. The Hall–Kier alpha value is -1.44. The van der Waals surface area contributed by atoms with Gasteiger partial charge < -0.3 is 0 Å². The second-order valence-electron chi connectivity index (χ2n) is 5.23. The molecule has 0 fully saturated rings. The minimum atomic E-state index is -0.842. The molecule has 90 valence electrons. The molecule has 2 heteroatoms. The molecule has 17 heavy (non-hydrogen) atoms. The second kappa shape index (κ2) is 3.52. The van der Waals surface area contributed by atoms with Gasteiger partial charge in [0.1, 0.15) is 0 Å². The van der Waals surface area contributed by atoms with Crippen LogP contribution in [0.5, 0.6) is 0 Å². The smallest absolute Gasteiger partial charge is 0.177 e. The van der Waals surface area contributed by atoms with Crippen molar-refractivity contribution in [2.45, 2.75) is 41.0 Å². The van der Waals surface area contributed by atoms with Gasteiger partial charge in [-0.3, -0.25) is 9.59 Å². The van der Waals surface area contributed by atoms with E-state index in [4.69, 9.17) is 0 Å². The number of carbonyl (C=O) groups is 2. The summed E-state index contributed by atoms with van der Waals surface area (Å²) in [7, 11) is 0. The minimum Gasteiger partial charge on any atom is -0.293 e. The molecular formula is C15H18O2. The number of hydrogen-bond donors (Lipinski definition) is 0. The topological polar surface area (TPSA) is 34.1 Å². The lowest BCUT2D eigenvalue weighted by atomic mass is 9.82. The second-order valence-corrected chi connectivity index (χ2v) is 5.23. The van der Waals surface area contributed by atoms with Crippen LogP contribution in [-0.4, -0.2) is 11.6 Å². The normalized spacial score (nSPS) is 23.1. The van der Waals surface area contributed by atoms with E-state index in [-0.39, 0.29) is 11.6 Å². The number of aryl methyl sites for hydroxylation is 2. The van der Waals surface area contributed by atoms with Crippen LogP contribution in [0.15, 0.2) is 6.07 Å². The molecule has 1 aromatic carbocycles. The lowest BCUT2D eigenvalue weighted by molar-refractivity contribution is 0.0716. The maximum absolute atomic E-state index is 12.5. The van der Waals surface area contributed by atoms with Gasteiger partial charge in [0.15, 0.2) is 11.6 Å². The average Bonchev–Trinajstić information content (AvgIpc) is 2.49. The molecule has 2 nitrogen and oxygen atoms in total. The zero-order chi connectivity index (χ0) is 13.0. The van der Waals surface area contributed by atoms with Gasteiger partial charge in [-0.15, -0.1) is 0 Å². The molecule has 2 rings (SSSR count). The van der Waals surface area contributed by atoms with E-state index in [1.807, 2.05) is 33.8 Å². The van der Waals surface area contributed by atoms with Gasteiger partial charge in [-0.2, -0.15) is 0 Å². The third-order valence-corrected chi connectivity index (χ3v) is 4.21. The predicted molar refractivity (Wildman–Crippen MR) is 67.7 cm³/mol. The molecule has 1 aromatic rings. The molecule has 0 N–H and O–H groups in total. The van der Waals surface area contributed by atoms with Gasteiger partial charge in [0.2, 0.25) is 0 Å². The van der Waals surface area contributed by atoms with Gasteiger partial charge in [-0.25, -0.2) is 0 Å². The molecule has 0 bridgehead atoms. The number of benzene rings is 1. The number of fused-ring (bicyclic) bond motifs is 1. The number of hydrogen-bond acceptors (Lipinski definition) is 2. The van der Waals surface area contributed by atoms with Crippen molar-refractivity contribution in [3.8, 4) is 0 Å². The largest absolute Gasteiger partial charge is 0.293 e. The first kappa shape index (κ1) is 12.0. The van der Waals surface area contributed by atoms with Crippen LogP contribution >= 0.6 is 0 Å². The molecule has 0 amide bonds. The fourth-order valence-corrected chi connectivity index (χ4v) is 2.64. The number of rotatable bonds is 1. The van der Waals surface area contributed by atoms with Gasteiger partial charge in [0, 0.05) is 11.1 Å². The van der Waals surface area contributed by atoms with E-state index in [0.717, 1.165) is 16.7 Å². The van der Waals surface area contributed by atoms with Crippen molar-refractivity contribution in [1.29, 1.82) is 0 Å². The summed E-state index contributed by atoms with van der Waals surface area (Å²) in [5.74, 6) is 0.00454. The van der Waals surface area contributed by atoms with E-state index in [1.165, 1.54) is 0 Å². The van der Waals surface area contributed by atoms with E-state index < -0.39 is 5.41 Å². The quantitative estimate of drug-likeness (QED) is 0.693. The van der Waals surface area contributed by atoms with E-state index in [0.29, 0.717) is 17.5 Å². The van der Waals surface area contributed by atoms with Crippen LogP contribution in [0.3, 0.4) is 0 Å². The third-order valence-electron chi connectivity index (χ3n) is 4.21. The van der Waals surface area contributed by atoms with Crippen LogP contribution < -0.4 is 0 Å². The first-order valence-electron chi connectivity index (χ1n) is 6.05. The molecular weight excluding hydrogens is 212 g/mol. The Morgan fingerprint density at radius 3 is 2.06 bits per heavy atom. The number of carbonyl (C=O) groups excluding carboxylic acids is 2. The summed E-state index contributed by atoms with van der Waals surface area (Å²) in [6.07, 6.45) is 0.567. The van der Waals surface area contributed by atoms with Gasteiger partial charge >= 0.3 is 0 Å². The number of Topliss-reactive ketones (excluding diaryl/α,β-unsaturated/α-hetero) is 2. The van der Waals surface area contributed by atoms with Crippen LogP contribution in [0, 0.1) is 26.2 Å². The average molecular weight is 230 g/mol. The Labute approximate surface area is 102 Å². The molecule has 1 atom stereocenters. The maximum atomic E-state index is 12.5. The molecule has 1 aliphatic carbocycles. The summed E-state index contributed by atoms with van der Waals surface area (Å²) in [4.78, 5) is 24.9. The fourth-order valence-electron chi connectivity index (χ4n) is 2.64. The van der Waals surface area contributed by atoms with Gasteiger partial charge in [0.25, 0.3) is 0 Å². The SMILES string of the molecule is CCC1(C)C(=O)c2c(C)cc(C)c(C)c2C1=O. The van der Waals surface area contributed by atoms with Crippen molar-refractivity contribution >= 4 is 11.6 Å². The first-order valence-corrected chi connectivity index (χ1v) is 6.05. The molecule has 0 saturated carbocycles. The lowest BCUT2D eigenvalue weighted by Gasteiger charge is -2.17. The van der Waals surface area contributed by atoms with Crippen LogP contribution in [0.25, 0.3) is 0 Å². The summed E-state index contributed by atoms with van der Waals surface area (Å²) in [5, 5.41) is 0. The summed E-state index contributed by atoms with van der Waals surface area (Å²) in [6, 6.07) is 2.00. The lowest BCUT2D eigenvalue weighted by Crippen LogP contribution is -2.28. The standard InChI is InChI=1S/C15H18O2/c1-6-15(5)13(16)11-9(3)7-8(2)10(4)12(11)14(15)17/h7H,6H2,1-5H3. The molecule has 1 aliphatic rings. The van der Waals surface area contributed by atoms with Crippen molar-refractivity contribution in [2.75, 3.05) is 0 Å². The Balaban J connectivity index is 2.83. The molecule has 0 spiro atoms. The Kier molecular flexibility index (Phi) is 2.49. The van der Waals surface area contributed by atoms with Gasteiger partial charge in [-0.1, -0.05) is 13.0 Å². The fraction of sp³-hybridized carbons (Fsp3) is 0.467. The monoisotopic (exact) mass is 230 g/mol. The molecule has 0 aliphatic heterocycles. The van der Waals surface area contributed by atoms with Crippen LogP contribution in [0.4, 0.5) is 0 Å². The van der Waals surface area contributed by atoms with Crippen molar-refractivity contribution < 1.29 is 9.59 Å². The molecule has 0 aromatic heterocycles. The summed E-state index contributed by atoms with van der Waals surface area (Å²) >= 11 is 0. The third kappa shape index (κ3) is 1.33. The highest BCUT2D eigenvalue weighted by Crippen LogP contribution is 2.42. The van der Waals surface area contributed by atoms with Crippen LogP contribution in [0.1, 0.15) is 57.7 Å². The molecule has 1 unspecified atom stereocenters. The van der Waals surface area contributed by atoms with E-state index in [2.05, 4.69) is 0 Å². The molecule has 0 radical (unpaired) electrons.